The number of rotatable bonds is 2. The fourth-order valence-electron chi connectivity index (χ4n) is 2.38. The van der Waals surface area contributed by atoms with Crippen molar-refractivity contribution in [2.24, 2.45) is 0 Å². The van der Waals surface area contributed by atoms with Crippen molar-refractivity contribution >= 4 is 17.7 Å². The van der Waals surface area contributed by atoms with Crippen molar-refractivity contribution in [1.29, 1.82) is 0 Å². The number of carbonyl (C=O) groups excluding carboxylic acids is 1. The van der Waals surface area contributed by atoms with Crippen LogP contribution in [-0.2, 0) is 9.53 Å². The molecular formula is C15H20N2O4. The third-order valence-electron chi connectivity index (χ3n) is 3.18. The van der Waals surface area contributed by atoms with Gasteiger partial charge in [-0.25, -0.2) is 4.79 Å². The molecule has 1 heterocycles. The van der Waals surface area contributed by atoms with Crippen LogP contribution in [0.2, 0.25) is 0 Å². The van der Waals surface area contributed by atoms with Crippen LogP contribution in [-0.4, -0.2) is 35.4 Å². The first-order valence-corrected chi connectivity index (χ1v) is 6.83. The summed E-state index contributed by atoms with van der Waals surface area (Å²) in [5, 5.41) is 15.3. The second-order valence-corrected chi connectivity index (χ2v) is 6.04. The SMILES string of the molecule is CC(C)(C)OC(=O)NC1CNc2ccccc2C1C(=O)O. The van der Waals surface area contributed by atoms with Gasteiger partial charge in [-0.05, 0) is 32.4 Å². The van der Waals surface area contributed by atoms with Crippen LogP contribution in [0, 0.1) is 0 Å². The van der Waals surface area contributed by atoms with Crippen LogP contribution in [0.1, 0.15) is 32.3 Å². The molecule has 0 saturated carbocycles. The standard InChI is InChI=1S/C15H20N2O4/c1-15(2,3)21-14(20)17-11-8-16-10-7-5-4-6-9(10)12(11)13(18)19/h4-7,11-12,16H,8H2,1-3H3,(H,17,20)(H,18,19). The highest BCUT2D eigenvalue weighted by Gasteiger charge is 2.36. The van der Waals surface area contributed by atoms with Gasteiger partial charge in [0.2, 0.25) is 0 Å². The highest BCUT2D eigenvalue weighted by molar-refractivity contribution is 5.82. The maximum Gasteiger partial charge on any atom is 0.407 e. The van der Waals surface area contributed by atoms with E-state index < -0.39 is 29.6 Å². The predicted octanol–water partition coefficient (Wildman–Crippen LogP) is 2.17. The Hall–Kier alpha value is -2.24. The Bertz CT molecular complexity index is 551. The van der Waals surface area contributed by atoms with Gasteiger partial charge in [-0.3, -0.25) is 4.79 Å². The van der Waals surface area contributed by atoms with Crippen LogP contribution in [0.15, 0.2) is 24.3 Å². The fourth-order valence-corrected chi connectivity index (χ4v) is 2.38. The molecule has 0 aromatic heterocycles. The van der Waals surface area contributed by atoms with Crippen LogP contribution in [0.4, 0.5) is 10.5 Å². The van der Waals surface area contributed by atoms with Gasteiger partial charge in [-0.2, -0.15) is 0 Å². The van der Waals surface area contributed by atoms with E-state index in [0.29, 0.717) is 12.1 Å². The number of anilines is 1. The monoisotopic (exact) mass is 292 g/mol. The van der Waals surface area contributed by atoms with E-state index >= 15 is 0 Å². The van der Waals surface area contributed by atoms with E-state index in [1.807, 2.05) is 12.1 Å². The molecule has 2 unspecified atom stereocenters. The molecule has 6 heteroatoms. The number of nitrogens with one attached hydrogen (secondary N) is 2. The van der Waals surface area contributed by atoms with E-state index in [2.05, 4.69) is 10.6 Å². The normalized spacial score (nSPS) is 20.9. The maximum absolute atomic E-state index is 11.9. The number of hydrogen-bond acceptors (Lipinski definition) is 4. The van der Waals surface area contributed by atoms with Gasteiger partial charge in [-0.1, -0.05) is 18.2 Å². The largest absolute Gasteiger partial charge is 0.481 e. The van der Waals surface area contributed by atoms with Gasteiger partial charge in [0.15, 0.2) is 0 Å². The number of ether oxygens (including phenoxy) is 1. The third kappa shape index (κ3) is 3.65. The molecule has 114 valence electrons. The number of alkyl carbamates (subject to hydrolysis) is 1. The minimum absolute atomic E-state index is 0.340. The molecule has 2 rings (SSSR count). The summed E-state index contributed by atoms with van der Waals surface area (Å²) in [6.45, 7) is 5.62. The first kappa shape index (κ1) is 15.2. The van der Waals surface area contributed by atoms with Gasteiger partial charge in [0.25, 0.3) is 0 Å². The van der Waals surface area contributed by atoms with Gasteiger partial charge in [0.05, 0.1) is 6.04 Å². The highest BCUT2D eigenvalue weighted by Crippen LogP contribution is 2.31. The summed E-state index contributed by atoms with van der Waals surface area (Å²) in [7, 11) is 0. The molecule has 0 fully saturated rings. The molecule has 1 aromatic carbocycles. The Morgan fingerprint density at radius 1 is 1.33 bits per heavy atom. The number of fused-ring (bicyclic) bond motifs is 1. The Labute approximate surface area is 123 Å². The minimum atomic E-state index is -0.968. The van der Waals surface area contributed by atoms with E-state index in [1.165, 1.54) is 0 Å². The van der Waals surface area contributed by atoms with E-state index in [-0.39, 0.29) is 0 Å². The number of amides is 1. The molecular weight excluding hydrogens is 272 g/mol. The number of benzene rings is 1. The maximum atomic E-state index is 11.9. The number of carbonyl (C=O) groups is 2. The van der Waals surface area contributed by atoms with Gasteiger partial charge in [0, 0.05) is 12.2 Å². The average molecular weight is 292 g/mol. The summed E-state index contributed by atoms with van der Waals surface area (Å²) in [6, 6.07) is 6.64. The van der Waals surface area contributed by atoms with Gasteiger partial charge in [0.1, 0.15) is 11.5 Å². The fraction of sp³-hybridized carbons (Fsp3) is 0.467. The van der Waals surface area contributed by atoms with Gasteiger partial charge < -0.3 is 20.5 Å². The number of para-hydroxylation sites is 1. The zero-order valence-corrected chi connectivity index (χ0v) is 12.3. The summed E-state index contributed by atoms with van der Waals surface area (Å²) in [5.41, 5.74) is 0.826. The first-order chi connectivity index (χ1) is 9.78. The van der Waals surface area contributed by atoms with Crippen LogP contribution in [0.3, 0.4) is 0 Å². The zero-order valence-electron chi connectivity index (χ0n) is 12.3. The van der Waals surface area contributed by atoms with Gasteiger partial charge >= 0.3 is 12.1 Å². The van der Waals surface area contributed by atoms with Crippen molar-refractivity contribution in [1.82, 2.24) is 5.32 Å². The lowest BCUT2D eigenvalue weighted by atomic mass is 9.87. The molecule has 3 N–H and O–H groups in total. The smallest absolute Gasteiger partial charge is 0.407 e. The van der Waals surface area contributed by atoms with E-state index in [0.717, 1.165) is 5.69 Å². The number of aliphatic carboxylic acids is 1. The zero-order chi connectivity index (χ0) is 15.6. The van der Waals surface area contributed by atoms with Crippen LogP contribution < -0.4 is 10.6 Å². The molecule has 6 nitrogen and oxygen atoms in total. The first-order valence-electron chi connectivity index (χ1n) is 6.83. The van der Waals surface area contributed by atoms with E-state index in [9.17, 15) is 14.7 Å². The Kier molecular flexibility index (Phi) is 4.06. The molecule has 21 heavy (non-hydrogen) atoms. The number of carboxylic acids is 1. The second-order valence-electron chi connectivity index (χ2n) is 6.04. The molecule has 2 atom stereocenters. The Balaban J connectivity index is 2.17. The molecule has 1 amide bonds. The summed E-state index contributed by atoms with van der Waals surface area (Å²) in [4.78, 5) is 23.4. The lowest BCUT2D eigenvalue weighted by Crippen LogP contribution is -2.50. The minimum Gasteiger partial charge on any atom is -0.481 e. The van der Waals surface area contributed by atoms with Crippen molar-refractivity contribution in [2.75, 3.05) is 11.9 Å². The van der Waals surface area contributed by atoms with Crippen molar-refractivity contribution < 1.29 is 19.4 Å². The van der Waals surface area contributed by atoms with E-state index in [4.69, 9.17) is 4.74 Å². The summed E-state index contributed by atoms with van der Waals surface area (Å²) in [5.74, 6) is -1.76. The third-order valence-corrected chi connectivity index (χ3v) is 3.18. The molecule has 0 aliphatic carbocycles. The van der Waals surface area contributed by atoms with Crippen molar-refractivity contribution in [3.63, 3.8) is 0 Å². The second kappa shape index (κ2) is 5.63. The van der Waals surface area contributed by atoms with Crippen molar-refractivity contribution in [3.05, 3.63) is 29.8 Å². The van der Waals surface area contributed by atoms with Crippen molar-refractivity contribution in [2.45, 2.75) is 38.3 Å². The lowest BCUT2D eigenvalue weighted by Gasteiger charge is -2.33. The summed E-state index contributed by atoms with van der Waals surface area (Å²) in [6.07, 6.45) is -0.611. The topological polar surface area (TPSA) is 87.7 Å². The highest BCUT2D eigenvalue weighted by atomic mass is 16.6. The van der Waals surface area contributed by atoms with Crippen molar-refractivity contribution in [3.8, 4) is 0 Å². The molecule has 0 saturated heterocycles. The summed E-state index contributed by atoms with van der Waals surface area (Å²) < 4.78 is 5.19. The quantitative estimate of drug-likeness (QED) is 0.777. The molecule has 0 spiro atoms. The van der Waals surface area contributed by atoms with E-state index in [1.54, 1.807) is 32.9 Å². The van der Waals surface area contributed by atoms with Crippen LogP contribution in [0.5, 0.6) is 0 Å². The Morgan fingerprint density at radius 2 is 2.00 bits per heavy atom. The lowest BCUT2D eigenvalue weighted by molar-refractivity contribution is -0.139. The van der Waals surface area contributed by atoms with Crippen LogP contribution >= 0.6 is 0 Å². The van der Waals surface area contributed by atoms with Gasteiger partial charge in [-0.15, -0.1) is 0 Å². The summed E-state index contributed by atoms with van der Waals surface area (Å²) >= 11 is 0. The molecule has 0 bridgehead atoms. The Morgan fingerprint density at radius 3 is 2.62 bits per heavy atom. The van der Waals surface area contributed by atoms with Crippen LogP contribution in [0.25, 0.3) is 0 Å². The number of carboxylic acid groups (broad SMARTS) is 1. The average Bonchev–Trinajstić information content (AvgIpc) is 2.35. The molecule has 1 aromatic rings. The predicted molar refractivity (Wildman–Crippen MR) is 78.5 cm³/mol. The molecule has 0 radical (unpaired) electrons. The molecule has 1 aliphatic heterocycles. The molecule has 1 aliphatic rings. The number of hydrogen-bond donors (Lipinski definition) is 3.